The molecule has 1 saturated heterocycles. The Morgan fingerprint density at radius 1 is 0.912 bits per heavy atom. The van der Waals surface area contributed by atoms with Crippen molar-refractivity contribution in [3.8, 4) is 5.75 Å². The van der Waals surface area contributed by atoms with E-state index in [0.29, 0.717) is 0 Å². The lowest BCUT2D eigenvalue weighted by atomic mass is 9.88. The summed E-state index contributed by atoms with van der Waals surface area (Å²) >= 11 is 0. The van der Waals surface area contributed by atoms with Crippen molar-refractivity contribution in [2.75, 3.05) is 39.3 Å². The van der Waals surface area contributed by atoms with E-state index in [-0.39, 0.29) is 48.9 Å². The third kappa shape index (κ3) is 6.81. The summed E-state index contributed by atoms with van der Waals surface area (Å²) in [6, 6.07) is 13.0. The number of unbranched alkanes of at least 4 members (excludes halogenated alkanes) is 1. The van der Waals surface area contributed by atoms with Crippen LogP contribution in [-0.2, 0) is 6.42 Å². The number of nitrogens with zero attached hydrogens (tertiary/aromatic N) is 2. The Morgan fingerprint density at radius 2 is 1.53 bits per heavy atom. The van der Waals surface area contributed by atoms with Gasteiger partial charge in [0.05, 0.1) is 6.04 Å². The highest BCUT2D eigenvalue weighted by Gasteiger charge is 2.45. The number of halogens is 3. The van der Waals surface area contributed by atoms with Crippen molar-refractivity contribution < 1.29 is 4.74 Å². The van der Waals surface area contributed by atoms with Crippen molar-refractivity contribution in [3.05, 3.63) is 64.2 Å². The lowest BCUT2D eigenvalue weighted by Crippen LogP contribution is -2.54. The SMILES string of the molecule is Cc1cc(C)c2c(c1C)OC(C)(CN1CCN(CCCCc3ccccc3)CC1)C2N.Cl.Cl.Cl. The minimum absolute atomic E-state index is 0. The molecule has 0 saturated carbocycles. The monoisotopic (exact) mass is 529 g/mol. The Kier molecular flexibility index (Phi) is 12.2. The predicted octanol–water partition coefficient (Wildman–Crippen LogP) is 5.67. The zero-order chi connectivity index (χ0) is 22.0. The smallest absolute Gasteiger partial charge is 0.138 e. The fourth-order valence-corrected chi connectivity index (χ4v) is 5.25. The molecule has 0 bridgehead atoms. The topological polar surface area (TPSA) is 41.7 Å². The Hall–Kier alpha value is -1.01. The van der Waals surface area contributed by atoms with Gasteiger partial charge in [0.1, 0.15) is 11.4 Å². The largest absolute Gasteiger partial charge is 0.484 e. The van der Waals surface area contributed by atoms with Gasteiger partial charge in [-0.15, -0.1) is 37.2 Å². The summed E-state index contributed by atoms with van der Waals surface area (Å²) in [6.45, 7) is 15.2. The van der Waals surface area contributed by atoms with Crippen LogP contribution in [0.5, 0.6) is 5.75 Å². The summed E-state index contributed by atoms with van der Waals surface area (Å²) in [5.41, 5.74) is 12.8. The van der Waals surface area contributed by atoms with Crippen LogP contribution in [0.25, 0.3) is 0 Å². The second-order valence-corrected chi connectivity index (χ2v) is 9.83. The first-order chi connectivity index (χ1) is 14.9. The molecule has 2 atom stereocenters. The number of hydrogen-bond acceptors (Lipinski definition) is 4. The molecule has 192 valence electrons. The molecule has 34 heavy (non-hydrogen) atoms. The van der Waals surface area contributed by atoms with E-state index in [1.54, 1.807) is 0 Å². The van der Waals surface area contributed by atoms with Gasteiger partial charge in [-0.25, -0.2) is 0 Å². The molecule has 4 nitrogen and oxygen atoms in total. The van der Waals surface area contributed by atoms with Gasteiger partial charge in [0.25, 0.3) is 0 Å². The van der Waals surface area contributed by atoms with Crippen molar-refractivity contribution in [1.82, 2.24) is 9.80 Å². The van der Waals surface area contributed by atoms with Crippen LogP contribution >= 0.6 is 37.2 Å². The maximum absolute atomic E-state index is 6.76. The molecule has 2 aromatic carbocycles. The zero-order valence-corrected chi connectivity index (χ0v) is 23.5. The molecule has 1 fully saturated rings. The van der Waals surface area contributed by atoms with Crippen molar-refractivity contribution in [3.63, 3.8) is 0 Å². The Labute approximate surface area is 224 Å². The number of fused-ring (bicyclic) bond motifs is 1. The molecule has 2 unspecified atom stereocenters. The van der Waals surface area contributed by atoms with Gasteiger partial charge in [0.2, 0.25) is 0 Å². The zero-order valence-electron chi connectivity index (χ0n) is 21.0. The third-order valence-corrected chi connectivity index (χ3v) is 7.37. The van der Waals surface area contributed by atoms with Crippen molar-refractivity contribution in [2.24, 2.45) is 5.73 Å². The number of ether oxygens (including phenoxy) is 1. The second-order valence-electron chi connectivity index (χ2n) is 9.83. The number of piperazine rings is 1. The lowest BCUT2D eigenvalue weighted by molar-refractivity contribution is 0.0226. The molecular weight excluding hydrogens is 489 g/mol. The van der Waals surface area contributed by atoms with Gasteiger partial charge >= 0.3 is 0 Å². The summed E-state index contributed by atoms with van der Waals surface area (Å²) in [5.74, 6) is 1.03. The standard InChI is InChI=1S/C27H39N3O.3ClH/c1-20-18-21(2)24-25(22(20)3)31-27(4,26(24)28)19-30-16-14-29(15-17-30)13-9-8-12-23-10-6-5-7-11-23;;;/h5-7,10-11,18,26H,8-9,12-17,19,28H2,1-4H3;3*1H. The average Bonchev–Trinajstić information content (AvgIpc) is 3.03. The molecular formula is C27H42Cl3N3O. The van der Waals surface area contributed by atoms with Gasteiger partial charge in [0, 0.05) is 38.3 Å². The molecule has 2 N–H and O–H groups in total. The van der Waals surface area contributed by atoms with E-state index >= 15 is 0 Å². The molecule has 2 aliphatic heterocycles. The minimum atomic E-state index is -0.358. The first-order valence-corrected chi connectivity index (χ1v) is 11.9. The van der Waals surface area contributed by atoms with Crippen LogP contribution in [0.1, 0.15) is 53.6 Å². The predicted molar refractivity (Wildman–Crippen MR) is 151 cm³/mol. The van der Waals surface area contributed by atoms with E-state index in [9.17, 15) is 0 Å². The van der Waals surface area contributed by atoms with Gasteiger partial charge in [-0.1, -0.05) is 36.4 Å². The number of hydrogen-bond donors (Lipinski definition) is 1. The Balaban J connectivity index is 0.00000193. The lowest BCUT2D eigenvalue weighted by Gasteiger charge is -2.40. The molecule has 7 heteroatoms. The number of nitrogens with two attached hydrogens (primary N) is 1. The van der Waals surface area contributed by atoms with Crippen molar-refractivity contribution >= 4 is 37.2 Å². The van der Waals surface area contributed by atoms with E-state index < -0.39 is 0 Å². The van der Waals surface area contributed by atoms with Gasteiger partial charge in [-0.05, 0) is 75.8 Å². The average molecular weight is 531 g/mol. The molecule has 0 amide bonds. The number of rotatable bonds is 7. The first-order valence-electron chi connectivity index (χ1n) is 11.9. The van der Waals surface area contributed by atoms with Crippen LogP contribution in [0.2, 0.25) is 0 Å². The van der Waals surface area contributed by atoms with Gasteiger partial charge in [0.15, 0.2) is 0 Å². The molecule has 2 heterocycles. The molecule has 4 rings (SSSR count). The van der Waals surface area contributed by atoms with Crippen LogP contribution < -0.4 is 10.5 Å². The summed E-state index contributed by atoms with van der Waals surface area (Å²) in [5, 5.41) is 0. The fraction of sp³-hybridized carbons (Fsp3) is 0.556. The van der Waals surface area contributed by atoms with Gasteiger partial charge in [-0.3, -0.25) is 4.90 Å². The molecule has 2 aliphatic rings. The maximum atomic E-state index is 6.76. The van der Waals surface area contributed by atoms with Gasteiger partial charge < -0.3 is 15.4 Å². The van der Waals surface area contributed by atoms with E-state index in [1.807, 2.05) is 0 Å². The highest BCUT2D eigenvalue weighted by molar-refractivity contribution is 5.86. The highest BCUT2D eigenvalue weighted by Crippen LogP contribution is 2.46. The normalized spacial score (nSPS) is 22.1. The number of aryl methyl sites for hydroxylation is 3. The number of benzene rings is 2. The Bertz CT molecular complexity index is 904. The van der Waals surface area contributed by atoms with E-state index in [0.717, 1.165) is 38.5 Å². The van der Waals surface area contributed by atoms with E-state index in [2.05, 4.69) is 73.9 Å². The highest BCUT2D eigenvalue weighted by atomic mass is 35.5. The maximum Gasteiger partial charge on any atom is 0.138 e. The molecule has 0 aliphatic carbocycles. The van der Waals surface area contributed by atoms with Gasteiger partial charge in [-0.2, -0.15) is 0 Å². The molecule has 0 spiro atoms. The first kappa shape index (κ1) is 31.0. The summed E-state index contributed by atoms with van der Waals surface area (Å²) < 4.78 is 6.57. The minimum Gasteiger partial charge on any atom is -0.484 e. The summed E-state index contributed by atoms with van der Waals surface area (Å²) in [6.07, 6.45) is 3.72. The molecule has 2 aromatic rings. The molecule has 0 radical (unpaired) electrons. The van der Waals surface area contributed by atoms with Crippen LogP contribution in [-0.4, -0.2) is 54.7 Å². The van der Waals surface area contributed by atoms with E-state index in [1.165, 1.54) is 53.6 Å². The van der Waals surface area contributed by atoms with Crippen LogP contribution in [0.15, 0.2) is 36.4 Å². The summed E-state index contributed by atoms with van der Waals surface area (Å²) in [7, 11) is 0. The van der Waals surface area contributed by atoms with Crippen molar-refractivity contribution in [1.29, 1.82) is 0 Å². The van der Waals surface area contributed by atoms with Crippen molar-refractivity contribution in [2.45, 2.75) is 58.6 Å². The van der Waals surface area contributed by atoms with Crippen LogP contribution in [0.4, 0.5) is 0 Å². The quantitative estimate of drug-likeness (QED) is 0.468. The molecule has 0 aromatic heterocycles. The third-order valence-electron chi connectivity index (χ3n) is 7.37. The van der Waals surface area contributed by atoms with Crippen LogP contribution in [0.3, 0.4) is 0 Å². The summed E-state index contributed by atoms with van der Waals surface area (Å²) in [4.78, 5) is 5.16. The Morgan fingerprint density at radius 3 is 2.18 bits per heavy atom. The van der Waals surface area contributed by atoms with E-state index in [4.69, 9.17) is 10.5 Å². The second kappa shape index (κ2) is 13.3. The fourth-order valence-electron chi connectivity index (χ4n) is 5.25. The van der Waals surface area contributed by atoms with Crippen LogP contribution in [0, 0.1) is 20.8 Å².